The summed E-state index contributed by atoms with van der Waals surface area (Å²) in [6, 6.07) is 0.186. The molecule has 3 atom stereocenters. The van der Waals surface area contributed by atoms with Crippen LogP contribution in [0.5, 0.6) is 0 Å². The summed E-state index contributed by atoms with van der Waals surface area (Å²) < 4.78 is 0. The molecule has 4 nitrogen and oxygen atoms in total. The number of nitrogens with one attached hydrogen (secondary N) is 1. The number of aliphatic hydroxyl groups excluding tert-OH is 1. The molecule has 3 unspecified atom stereocenters. The molecule has 1 fully saturated rings. The molecule has 14 heavy (non-hydrogen) atoms. The molecule has 0 spiro atoms. The highest BCUT2D eigenvalue weighted by atomic mass is 16.3. The van der Waals surface area contributed by atoms with Crippen LogP contribution in [0, 0.1) is 5.92 Å². The van der Waals surface area contributed by atoms with Gasteiger partial charge in [-0.05, 0) is 26.3 Å². The van der Waals surface area contributed by atoms with Crippen molar-refractivity contribution in [3.63, 3.8) is 0 Å². The van der Waals surface area contributed by atoms with Crippen molar-refractivity contribution < 1.29 is 9.90 Å². The van der Waals surface area contributed by atoms with Crippen LogP contribution in [0.3, 0.4) is 0 Å². The summed E-state index contributed by atoms with van der Waals surface area (Å²) in [6.45, 7) is 5.14. The van der Waals surface area contributed by atoms with E-state index in [9.17, 15) is 9.90 Å². The van der Waals surface area contributed by atoms with E-state index >= 15 is 0 Å². The second kappa shape index (κ2) is 4.75. The van der Waals surface area contributed by atoms with Gasteiger partial charge < -0.3 is 15.3 Å². The van der Waals surface area contributed by atoms with Crippen LogP contribution in [0.4, 0.5) is 0 Å². The zero-order chi connectivity index (χ0) is 10.7. The average Bonchev–Trinajstić information content (AvgIpc) is 2.01. The van der Waals surface area contributed by atoms with Gasteiger partial charge in [-0.3, -0.25) is 4.79 Å². The van der Waals surface area contributed by atoms with Gasteiger partial charge in [0, 0.05) is 26.1 Å². The Morgan fingerprint density at radius 1 is 1.57 bits per heavy atom. The Hall–Kier alpha value is -0.610. The van der Waals surface area contributed by atoms with E-state index in [1.165, 1.54) is 6.92 Å². The van der Waals surface area contributed by atoms with Gasteiger partial charge in [0.25, 0.3) is 0 Å². The number of carbonyl (C=O) groups is 1. The molecule has 1 rings (SSSR count). The topological polar surface area (TPSA) is 52.6 Å². The Morgan fingerprint density at radius 2 is 2.21 bits per heavy atom. The third kappa shape index (κ3) is 3.27. The van der Waals surface area contributed by atoms with E-state index in [0.717, 1.165) is 19.5 Å². The van der Waals surface area contributed by atoms with Gasteiger partial charge in [-0.25, -0.2) is 0 Å². The molecule has 2 N–H and O–H groups in total. The van der Waals surface area contributed by atoms with Crippen LogP contribution in [-0.2, 0) is 4.79 Å². The van der Waals surface area contributed by atoms with E-state index < -0.39 is 0 Å². The Balaban J connectivity index is 2.49. The summed E-state index contributed by atoms with van der Waals surface area (Å²) in [7, 11) is 2.02. The fourth-order valence-electron chi connectivity index (χ4n) is 2.11. The molecule has 0 aromatic carbocycles. The van der Waals surface area contributed by atoms with Gasteiger partial charge >= 0.3 is 0 Å². The molecule has 82 valence electrons. The van der Waals surface area contributed by atoms with E-state index in [2.05, 4.69) is 10.2 Å². The first-order chi connectivity index (χ1) is 6.49. The summed E-state index contributed by atoms with van der Waals surface area (Å²) in [4.78, 5) is 13.1. The van der Waals surface area contributed by atoms with Gasteiger partial charge in [0.15, 0.2) is 0 Å². The number of hydrogen-bond acceptors (Lipinski definition) is 3. The standard InChI is InChI=1S/C10H20N2O2/c1-7(13)9-4-10(11-8(2)14)6-12(3)5-9/h7,9-10,13H,4-6H2,1-3H3,(H,11,14). The summed E-state index contributed by atoms with van der Waals surface area (Å²) in [5, 5.41) is 12.4. The Labute approximate surface area is 85.3 Å². The fourth-order valence-corrected chi connectivity index (χ4v) is 2.11. The van der Waals surface area contributed by atoms with Gasteiger partial charge in [0.1, 0.15) is 0 Å². The van der Waals surface area contributed by atoms with Crippen LogP contribution >= 0.6 is 0 Å². The quantitative estimate of drug-likeness (QED) is 0.650. The molecule has 0 bridgehead atoms. The number of likely N-dealkylation sites (tertiary alicyclic amines) is 1. The number of rotatable bonds is 2. The van der Waals surface area contributed by atoms with Crippen molar-refractivity contribution in [1.29, 1.82) is 0 Å². The lowest BCUT2D eigenvalue weighted by Crippen LogP contribution is -2.51. The van der Waals surface area contributed by atoms with E-state index in [1.807, 2.05) is 14.0 Å². The lowest BCUT2D eigenvalue weighted by Gasteiger charge is -2.37. The van der Waals surface area contributed by atoms with Gasteiger partial charge in [-0.1, -0.05) is 0 Å². The average molecular weight is 200 g/mol. The second-order valence-corrected chi connectivity index (χ2v) is 4.36. The van der Waals surface area contributed by atoms with Crippen LogP contribution in [0.1, 0.15) is 20.3 Å². The smallest absolute Gasteiger partial charge is 0.217 e. The summed E-state index contributed by atoms with van der Waals surface area (Å²) >= 11 is 0. The first-order valence-electron chi connectivity index (χ1n) is 5.12. The van der Waals surface area contributed by atoms with Crippen molar-refractivity contribution in [3.8, 4) is 0 Å². The molecule has 1 amide bonds. The minimum Gasteiger partial charge on any atom is -0.393 e. The molecule has 1 aliphatic rings. The lowest BCUT2D eigenvalue weighted by atomic mass is 9.90. The number of amides is 1. The molecular weight excluding hydrogens is 180 g/mol. The minimum absolute atomic E-state index is 0.00893. The van der Waals surface area contributed by atoms with Crippen LogP contribution in [0.2, 0.25) is 0 Å². The van der Waals surface area contributed by atoms with E-state index in [4.69, 9.17) is 0 Å². The van der Waals surface area contributed by atoms with Crippen molar-refractivity contribution in [3.05, 3.63) is 0 Å². The van der Waals surface area contributed by atoms with Crippen LogP contribution in [-0.4, -0.2) is 48.2 Å². The molecule has 1 saturated heterocycles. The van der Waals surface area contributed by atoms with Crippen molar-refractivity contribution in [2.75, 3.05) is 20.1 Å². The molecule has 1 heterocycles. The zero-order valence-electron chi connectivity index (χ0n) is 9.16. The van der Waals surface area contributed by atoms with Gasteiger partial charge in [-0.2, -0.15) is 0 Å². The summed E-state index contributed by atoms with van der Waals surface area (Å²) in [5.41, 5.74) is 0. The lowest BCUT2D eigenvalue weighted by molar-refractivity contribution is -0.120. The van der Waals surface area contributed by atoms with Crippen molar-refractivity contribution in [2.45, 2.75) is 32.4 Å². The van der Waals surface area contributed by atoms with E-state index in [0.29, 0.717) is 0 Å². The Morgan fingerprint density at radius 3 is 2.71 bits per heavy atom. The third-order valence-electron chi connectivity index (χ3n) is 2.76. The molecule has 0 aromatic heterocycles. The van der Waals surface area contributed by atoms with Gasteiger partial charge in [-0.15, -0.1) is 0 Å². The van der Waals surface area contributed by atoms with Gasteiger partial charge in [0.2, 0.25) is 5.91 Å². The highest BCUT2D eigenvalue weighted by Gasteiger charge is 2.28. The number of nitrogens with zero attached hydrogens (tertiary/aromatic N) is 1. The largest absolute Gasteiger partial charge is 0.393 e. The van der Waals surface area contributed by atoms with E-state index in [1.54, 1.807) is 0 Å². The van der Waals surface area contributed by atoms with Crippen LogP contribution < -0.4 is 5.32 Å². The second-order valence-electron chi connectivity index (χ2n) is 4.36. The fraction of sp³-hybridized carbons (Fsp3) is 0.900. The first kappa shape index (κ1) is 11.5. The molecule has 1 aliphatic heterocycles. The van der Waals surface area contributed by atoms with Crippen molar-refractivity contribution in [1.82, 2.24) is 10.2 Å². The van der Waals surface area contributed by atoms with E-state index in [-0.39, 0.29) is 24.0 Å². The summed E-state index contributed by atoms with van der Waals surface area (Å²) in [5.74, 6) is 0.278. The minimum atomic E-state index is -0.297. The normalized spacial score (nSPS) is 31.1. The van der Waals surface area contributed by atoms with Crippen LogP contribution in [0.15, 0.2) is 0 Å². The number of likely N-dealkylation sites (N-methyl/N-ethyl adjacent to an activating group) is 1. The Kier molecular flexibility index (Phi) is 3.89. The Bertz CT molecular complexity index is 206. The number of carbonyl (C=O) groups excluding carboxylic acids is 1. The third-order valence-corrected chi connectivity index (χ3v) is 2.76. The molecule has 0 aromatic rings. The predicted octanol–water partition coefficient (Wildman–Crippen LogP) is -0.176. The maximum absolute atomic E-state index is 10.9. The predicted molar refractivity (Wildman–Crippen MR) is 54.9 cm³/mol. The number of hydrogen-bond donors (Lipinski definition) is 2. The SMILES string of the molecule is CC(=O)NC1CC(C(C)O)CN(C)C1. The first-order valence-corrected chi connectivity index (χ1v) is 5.12. The monoisotopic (exact) mass is 200 g/mol. The molecular formula is C10H20N2O2. The highest BCUT2D eigenvalue weighted by molar-refractivity contribution is 5.73. The summed E-state index contributed by atoms with van der Waals surface area (Å²) in [6.07, 6.45) is 0.579. The molecule has 4 heteroatoms. The molecule has 0 saturated carbocycles. The van der Waals surface area contributed by atoms with Gasteiger partial charge in [0.05, 0.1) is 6.10 Å². The van der Waals surface area contributed by atoms with Crippen molar-refractivity contribution >= 4 is 5.91 Å². The zero-order valence-corrected chi connectivity index (χ0v) is 9.16. The maximum atomic E-state index is 10.9. The number of piperidine rings is 1. The molecule has 0 aliphatic carbocycles. The number of aliphatic hydroxyl groups is 1. The molecule has 0 radical (unpaired) electrons. The van der Waals surface area contributed by atoms with Crippen LogP contribution in [0.25, 0.3) is 0 Å². The van der Waals surface area contributed by atoms with Crippen molar-refractivity contribution in [2.24, 2.45) is 5.92 Å². The highest BCUT2D eigenvalue weighted by Crippen LogP contribution is 2.18. The maximum Gasteiger partial charge on any atom is 0.217 e.